The van der Waals surface area contributed by atoms with Crippen molar-refractivity contribution in [1.82, 2.24) is 25.8 Å². The van der Waals surface area contributed by atoms with Gasteiger partial charge in [0.15, 0.2) is 5.82 Å². The van der Waals surface area contributed by atoms with E-state index in [2.05, 4.69) is 21.3 Å². The minimum Gasteiger partial charge on any atom is -0.354 e. The molecule has 0 aliphatic carbocycles. The molecule has 4 heterocycles. The molecule has 6 rings (SSSR count). The number of benzene rings is 2. The van der Waals surface area contributed by atoms with E-state index < -0.39 is 17.9 Å². The Balaban J connectivity index is 1.40. The van der Waals surface area contributed by atoms with E-state index in [0.29, 0.717) is 42.3 Å². The molecule has 0 radical (unpaired) electrons. The lowest BCUT2D eigenvalue weighted by Crippen LogP contribution is -2.45. The average Bonchev–Trinajstić information content (AvgIpc) is 3.59. The average molecular weight is 612 g/mol. The Hall–Kier alpha value is -3.93. The third-order valence-electron chi connectivity index (χ3n) is 7.80. The zero-order valence-corrected chi connectivity index (χ0v) is 24.0. The summed E-state index contributed by atoms with van der Waals surface area (Å²) in [5, 5.41) is 4.62. The highest BCUT2D eigenvalue weighted by Crippen LogP contribution is 2.37. The van der Waals surface area contributed by atoms with Gasteiger partial charge in [0.05, 0.1) is 40.5 Å². The van der Waals surface area contributed by atoms with Crippen molar-refractivity contribution < 1.29 is 14.0 Å². The summed E-state index contributed by atoms with van der Waals surface area (Å²) in [5.41, 5.74) is 7.06. The molecule has 3 N–H and O–H groups in total. The number of halogens is 3. The quantitative estimate of drug-likeness (QED) is 0.378. The molecule has 2 aromatic carbocycles. The topological polar surface area (TPSA) is 112 Å². The van der Waals surface area contributed by atoms with Gasteiger partial charge in [-0.2, -0.15) is 0 Å². The Morgan fingerprint density at radius 2 is 1.83 bits per heavy atom. The smallest absolute Gasteiger partial charge is 0.254 e. The second kappa shape index (κ2) is 11.7. The van der Waals surface area contributed by atoms with Crippen molar-refractivity contribution in [3.63, 3.8) is 0 Å². The maximum Gasteiger partial charge on any atom is 0.254 e. The minimum absolute atomic E-state index is 0.0383. The first kappa shape index (κ1) is 28.2. The van der Waals surface area contributed by atoms with Crippen LogP contribution in [0.5, 0.6) is 0 Å². The van der Waals surface area contributed by atoms with Gasteiger partial charge in [-0.3, -0.25) is 34.3 Å². The van der Waals surface area contributed by atoms with E-state index in [1.165, 1.54) is 34.2 Å². The summed E-state index contributed by atoms with van der Waals surface area (Å²) in [6, 6.07) is 10.7. The predicted octanol–water partition coefficient (Wildman–Crippen LogP) is 4.34. The maximum atomic E-state index is 15.4. The molecular formula is C29H28Cl2FN7O3. The van der Waals surface area contributed by atoms with Crippen LogP contribution in [0.25, 0.3) is 11.3 Å². The fourth-order valence-corrected chi connectivity index (χ4v) is 6.06. The number of rotatable bonds is 3. The van der Waals surface area contributed by atoms with Crippen molar-refractivity contribution in [2.45, 2.75) is 50.6 Å². The van der Waals surface area contributed by atoms with Gasteiger partial charge in [0, 0.05) is 24.7 Å². The van der Waals surface area contributed by atoms with Crippen LogP contribution in [0, 0.1) is 5.82 Å². The van der Waals surface area contributed by atoms with Crippen LogP contribution in [-0.4, -0.2) is 34.0 Å². The monoisotopic (exact) mass is 611 g/mol. The summed E-state index contributed by atoms with van der Waals surface area (Å²) in [5.74, 6) is -0.983. The Labute approximate surface area is 251 Å². The van der Waals surface area contributed by atoms with Crippen LogP contribution in [0.1, 0.15) is 50.1 Å². The third kappa shape index (κ3) is 5.35. The second-order valence-electron chi connectivity index (χ2n) is 10.4. The molecule has 1 aromatic heterocycles. The number of carbonyl (C=O) groups excluding carboxylic acids is 2. The van der Waals surface area contributed by atoms with E-state index in [-0.39, 0.29) is 33.7 Å². The van der Waals surface area contributed by atoms with Crippen molar-refractivity contribution in [2.75, 3.05) is 16.5 Å². The summed E-state index contributed by atoms with van der Waals surface area (Å²) >= 11 is 12.1. The van der Waals surface area contributed by atoms with Crippen molar-refractivity contribution in [3.8, 4) is 11.3 Å². The molecule has 0 saturated carbocycles. The van der Waals surface area contributed by atoms with Crippen LogP contribution in [0.4, 0.5) is 15.8 Å². The number of fused-ring (bicyclic) bond motifs is 4. The normalized spacial score (nSPS) is 21.1. The third-order valence-corrected chi connectivity index (χ3v) is 8.28. The molecule has 2 atom stereocenters. The largest absolute Gasteiger partial charge is 0.354 e. The van der Waals surface area contributed by atoms with Crippen LogP contribution in [0.15, 0.2) is 64.9 Å². The summed E-state index contributed by atoms with van der Waals surface area (Å²) in [7, 11) is 0. The molecule has 1 saturated heterocycles. The van der Waals surface area contributed by atoms with Gasteiger partial charge < -0.3 is 5.32 Å². The molecule has 13 heteroatoms. The fourth-order valence-electron chi connectivity index (χ4n) is 5.76. The van der Waals surface area contributed by atoms with Gasteiger partial charge in [-0.15, -0.1) is 5.53 Å². The highest BCUT2D eigenvalue weighted by atomic mass is 35.5. The lowest BCUT2D eigenvalue weighted by atomic mass is 9.99. The molecule has 2 bridgehead atoms. The zero-order valence-electron chi connectivity index (χ0n) is 22.4. The first-order valence-corrected chi connectivity index (χ1v) is 14.5. The molecule has 3 aliphatic rings. The van der Waals surface area contributed by atoms with Crippen molar-refractivity contribution >= 4 is 46.4 Å². The van der Waals surface area contributed by atoms with Crippen LogP contribution >= 0.6 is 23.2 Å². The van der Waals surface area contributed by atoms with Crippen LogP contribution in [-0.2, 0) is 9.59 Å². The SMILES string of the molecule is O=C1NCCCCC[C@H](n2cnc(-c3c(N4C=C(Cl)NN4)ccc(Cl)c3F)cc2=O)c2cccc(c2)N2C(=O)CC[C@H]12. The highest BCUT2D eigenvalue weighted by Gasteiger charge is 2.37. The van der Waals surface area contributed by atoms with Gasteiger partial charge >= 0.3 is 0 Å². The first-order chi connectivity index (χ1) is 20.3. The van der Waals surface area contributed by atoms with Crippen molar-refractivity contribution in [1.29, 1.82) is 0 Å². The standard InChI is InChI=1S/C29H28Cl2FN7O3/c30-19-8-9-22(38-15-24(31)35-36-38)27(28(19)32)20-14-26(41)37(16-34-20)21-7-2-1-3-12-33-29(42)23-10-11-25(40)39(23)18-6-4-5-17(21)13-18/h4-6,8-9,13-16,21,23,35-36H,1-3,7,10-12H2,(H,33,42)/t21-,23+/m0/s1. The van der Waals surface area contributed by atoms with Gasteiger partial charge in [-0.1, -0.05) is 48.2 Å². The molecular weight excluding hydrogens is 584 g/mol. The molecule has 3 aliphatic heterocycles. The number of amides is 2. The van der Waals surface area contributed by atoms with Gasteiger partial charge in [-0.05, 0) is 49.1 Å². The first-order valence-electron chi connectivity index (χ1n) is 13.8. The lowest BCUT2D eigenvalue weighted by Gasteiger charge is -2.26. The number of hydrogen-bond acceptors (Lipinski definition) is 7. The summed E-state index contributed by atoms with van der Waals surface area (Å²) in [4.78, 5) is 45.4. The molecule has 0 unspecified atom stereocenters. The number of aromatic nitrogens is 2. The number of nitrogens with zero attached hydrogens (tertiary/aromatic N) is 4. The van der Waals surface area contributed by atoms with E-state index in [9.17, 15) is 14.4 Å². The van der Waals surface area contributed by atoms with E-state index >= 15 is 4.39 Å². The van der Waals surface area contributed by atoms with Crippen LogP contribution in [0.3, 0.4) is 0 Å². The molecule has 42 heavy (non-hydrogen) atoms. The molecule has 218 valence electrons. The van der Waals surface area contributed by atoms with E-state index in [1.54, 1.807) is 17.0 Å². The number of carbonyl (C=O) groups is 2. The molecule has 0 spiro atoms. The predicted molar refractivity (Wildman–Crippen MR) is 158 cm³/mol. The Morgan fingerprint density at radius 3 is 2.62 bits per heavy atom. The van der Waals surface area contributed by atoms with E-state index in [0.717, 1.165) is 24.8 Å². The van der Waals surface area contributed by atoms with Crippen LogP contribution < -0.4 is 31.7 Å². The summed E-state index contributed by atoms with van der Waals surface area (Å²) < 4.78 is 16.9. The number of hydrogen-bond donors (Lipinski definition) is 3. The van der Waals surface area contributed by atoms with Gasteiger partial charge in [0.25, 0.3) is 5.56 Å². The molecule has 3 aromatic rings. The number of anilines is 2. The fraction of sp³-hybridized carbons (Fsp3) is 0.310. The highest BCUT2D eigenvalue weighted by molar-refractivity contribution is 6.31. The number of hydrazine groups is 2. The van der Waals surface area contributed by atoms with Crippen LogP contribution in [0.2, 0.25) is 5.02 Å². The summed E-state index contributed by atoms with van der Waals surface area (Å²) in [6.07, 6.45) is 6.72. The van der Waals surface area contributed by atoms with Gasteiger partial charge in [0.2, 0.25) is 11.8 Å². The van der Waals surface area contributed by atoms with E-state index in [1.807, 2.05) is 18.2 Å². The zero-order chi connectivity index (χ0) is 29.4. The Kier molecular flexibility index (Phi) is 7.89. The minimum atomic E-state index is -0.722. The van der Waals surface area contributed by atoms with Gasteiger partial charge in [0.1, 0.15) is 11.2 Å². The van der Waals surface area contributed by atoms with E-state index in [4.69, 9.17) is 23.2 Å². The molecule has 1 fully saturated rings. The van der Waals surface area contributed by atoms with Gasteiger partial charge in [-0.25, -0.2) is 9.37 Å². The van der Waals surface area contributed by atoms with Crippen molar-refractivity contribution in [3.05, 3.63) is 86.9 Å². The molecule has 2 amide bonds. The van der Waals surface area contributed by atoms with Crippen molar-refractivity contribution in [2.24, 2.45) is 0 Å². The maximum absolute atomic E-state index is 15.4. The Bertz CT molecular complexity index is 1650. The summed E-state index contributed by atoms with van der Waals surface area (Å²) in [6.45, 7) is 0.519. The second-order valence-corrected chi connectivity index (χ2v) is 11.2. The number of nitrogens with one attached hydrogen (secondary N) is 3. The molecule has 10 nitrogen and oxygen atoms in total. The lowest BCUT2D eigenvalue weighted by molar-refractivity contribution is -0.123. The Morgan fingerprint density at radius 1 is 0.976 bits per heavy atom.